The third-order valence-corrected chi connectivity index (χ3v) is 6.34. The average Bonchev–Trinajstić information content (AvgIpc) is 3.39. The molecular formula is C23H26F2N8O2. The molecule has 1 saturated heterocycles. The Morgan fingerprint density at radius 3 is 2.69 bits per heavy atom. The Bertz CT molecular complexity index is 1440. The number of para-hydroxylation sites is 2. The topological polar surface area (TPSA) is 114 Å². The average molecular weight is 485 g/mol. The highest BCUT2D eigenvalue weighted by Crippen LogP contribution is 2.30. The monoisotopic (exact) mass is 484 g/mol. The lowest BCUT2D eigenvalue weighted by molar-refractivity contribution is 0.0219. The van der Waals surface area contributed by atoms with Crippen molar-refractivity contribution in [1.29, 1.82) is 0 Å². The van der Waals surface area contributed by atoms with Crippen molar-refractivity contribution in [3.8, 4) is 0 Å². The highest BCUT2D eigenvalue weighted by Gasteiger charge is 2.29. The first-order valence-electron chi connectivity index (χ1n) is 11.6. The zero-order valence-corrected chi connectivity index (χ0v) is 19.5. The highest BCUT2D eigenvalue weighted by atomic mass is 19.3. The van der Waals surface area contributed by atoms with E-state index >= 15 is 0 Å². The van der Waals surface area contributed by atoms with Gasteiger partial charge in [0.1, 0.15) is 6.33 Å². The summed E-state index contributed by atoms with van der Waals surface area (Å²) in [5.41, 5.74) is 2.50. The van der Waals surface area contributed by atoms with Gasteiger partial charge >= 0.3 is 5.69 Å². The number of imidazole rings is 2. The van der Waals surface area contributed by atoms with Gasteiger partial charge in [-0.3, -0.25) is 9.36 Å². The first-order valence-corrected chi connectivity index (χ1v) is 11.6. The van der Waals surface area contributed by atoms with Crippen LogP contribution < -0.4 is 15.9 Å². The molecule has 1 aromatic carbocycles. The summed E-state index contributed by atoms with van der Waals surface area (Å²) >= 11 is 0. The van der Waals surface area contributed by atoms with Crippen molar-refractivity contribution in [2.24, 2.45) is 0 Å². The number of aryl methyl sites for hydroxylation is 1. The molecule has 0 saturated carbocycles. The number of aromatic amines is 1. The fourth-order valence-electron chi connectivity index (χ4n) is 4.72. The number of benzene rings is 1. The molecule has 1 aliphatic heterocycles. The molecule has 1 amide bonds. The van der Waals surface area contributed by atoms with Crippen LogP contribution in [0.15, 0.2) is 35.4 Å². The molecule has 0 aliphatic carbocycles. The van der Waals surface area contributed by atoms with Crippen LogP contribution >= 0.6 is 0 Å². The van der Waals surface area contributed by atoms with Crippen LogP contribution in [0.4, 0.5) is 14.6 Å². The molecule has 1 fully saturated rings. The number of piperidine rings is 1. The first-order chi connectivity index (χ1) is 16.8. The summed E-state index contributed by atoms with van der Waals surface area (Å²) in [4.78, 5) is 43.4. The minimum atomic E-state index is -3.03. The van der Waals surface area contributed by atoms with E-state index in [0.29, 0.717) is 36.6 Å². The maximum absolute atomic E-state index is 13.2. The minimum Gasteiger partial charge on any atom is -0.355 e. The third-order valence-electron chi connectivity index (χ3n) is 6.34. The summed E-state index contributed by atoms with van der Waals surface area (Å²) in [5, 5.41) is 2.25. The lowest BCUT2D eigenvalue weighted by atomic mass is 10.0. The number of nitrogens with zero attached hydrogens (tertiary/aromatic N) is 6. The van der Waals surface area contributed by atoms with E-state index in [4.69, 9.17) is 0 Å². The lowest BCUT2D eigenvalue weighted by Gasteiger charge is -2.33. The number of halogens is 2. The van der Waals surface area contributed by atoms with E-state index < -0.39 is 18.4 Å². The van der Waals surface area contributed by atoms with E-state index in [1.807, 2.05) is 35.8 Å². The predicted octanol–water partition coefficient (Wildman–Crippen LogP) is 2.72. The standard InChI is InChI=1S/C23H26F2N8O2/c1-3-32-19-17(30-20(32)21(34)26-12-23(2,24)25)18(27-13-28-19)31-10-8-14(9-11-31)33-16-7-5-4-6-15(16)29-22(33)35/h4-7,13-14H,3,8-12H2,1-2H3,(H,26,34)(H,29,35). The Kier molecular flexibility index (Phi) is 5.73. The predicted molar refractivity (Wildman–Crippen MR) is 127 cm³/mol. The number of amides is 1. The molecule has 4 heterocycles. The molecule has 2 N–H and O–H groups in total. The molecule has 0 spiro atoms. The number of alkyl halides is 2. The second-order valence-electron chi connectivity index (χ2n) is 8.84. The number of carbonyl (C=O) groups is 1. The first kappa shape index (κ1) is 22.9. The van der Waals surface area contributed by atoms with Gasteiger partial charge in [-0.1, -0.05) is 12.1 Å². The van der Waals surface area contributed by atoms with Crippen LogP contribution in [0, 0.1) is 0 Å². The number of aromatic nitrogens is 6. The van der Waals surface area contributed by atoms with Gasteiger partial charge in [0.15, 0.2) is 17.0 Å². The van der Waals surface area contributed by atoms with E-state index in [9.17, 15) is 18.4 Å². The number of hydrogen-bond donors (Lipinski definition) is 2. The van der Waals surface area contributed by atoms with Gasteiger partial charge in [0.05, 0.1) is 17.6 Å². The largest absolute Gasteiger partial charge is 0.355 e. The second kappa shape index (κ2) is 8.75. The summed E-state index contributed by atoms with van der Waals surface area (Å²) in [5.74, 6) is -3.11. The maximum Gasteiger partial charge on any atom is 0.326 e. The smallest absolute Gasteiger partial charge is 0.326 e. The lowest BCUT2D eigenvalue weighted by Crippen LogP contribution is -2.37. The molecule has 35 heavy (non-hydrogen) atoms. The molecule has 4 aromatic rings. The number of H-pyrrole nitrogens is 1. The Balaban J connectivity index is 1.41. The van der Waals surface area contributed by atoms with E-state index in [-0.39, 0.29) is 17.6 Å². The molecule has 0 radical (unpaired) electrons. The molecule has 10 nitrogen and oxygen atoms in total. The van der Waals surface area contributed by atoms with Crippen LogP contribution in [0.25, 0.3) is 22.2 Å². The Morgan fingerprint density at radius 2 is 1.97 bits per heavy atom. The van der Waals surface area contributed by atoms with Crippen molar-refractivity contribution >= 4 is 33.9 Å². The van der Waals surface area contributed by atoms with E-state index in [2.05, 4.69) is 30.2 Å². The van der Waals surface area contributed by atoms with Gasteiger partial charge in [-0.25, -0.2) is 28.5 Å². The van der Waals surface area contributed by atoms with Crippen molar-refractivity contribution in [1.82, 2.24) is 34.4 Å². The summed E-state index contributed by atoms with van der Waals surface area (Å²) in [6, 6.07) is 7.67. The highest BCUT2D eigenvalue weighted by molar-refractivity contribution is 5.96. The van der Waals surface area contributed by atoms with E-state index in [1.54, 1.807) is 4.57 Å². The molecule has 1 aliphatic rings. The van der Waals surface area contributed by atoms with Crippen molar-refractivity contribution in [2.45, 2.75) is 45.2 Å². The summed E-state index contributed by atoms with van der Waals surface area (Å²) in [6.07, 6.45) is 2.87. The SMILES string of the molecule is CCn1c(C(=O)NCC(C)(F)F)nc2c(N3CCC(n4c(=O)[nH]c5ccccc54)CC3)ncnc21. The Hall–Kier alpha value is -3.83. The summed E-state index contributed by atoms with van der Waals surface area (Å²) < 4.78 is 29.9. The van der Waals surface area contributed by atoms with Crippen LogP contribution in [-0.2, 0) is 6.54 Å². The molecule has 3 aromatic heterocycles. The number of anilines is 1. The molecule has 12 heteroatoms. The number of carbonyl (C=O) groups excluding carboxylic acids is 1. The van der Waals surface area contributed by atoms with Crippen LogP contribution in [0.3, 0.4) is 0 Å². The normalized spacial score (nSPS) is 15.3. The van der Waals surface area contributed by atoms with Gasteiger partial charge in [-0.15, -0.1) is 0 Å². The summed E-state index contributed by atoms with van der Waals surface area (Å²) in [6.45, 7) is 3.45. The van der Waals surface area contributed by atoms with Gasteiger partial charge in [-0.05, 0) is 31.9 Å². The van der Waals surface area contributed by atoms with Crippen LogP contribution in [0.2, 0.25) is 0 Å². The van der Waals surface area contributed by atoms with Gasteiger partial charge in [-0.2, -0.15) is 0 Å². The Morgan fingerprint density at radius 1 is 1.23 bits per heavy atom. The van der Waals surface area contributed by atoms with Crippen molar-refractivity contribution < 1.29 is 13.6 Å². The molecule has 0 atom stereocenters. The molecule has 5 rings (SSSR count). The van der Waals surface area contributed by atoms with Crippen LogP contribution in [0.1, 0.15) is 43.3 Å². The van der Waals surface area contributed by atoms with Crippen LogP contribution in [-0.4, -0.2) is 60.5 Å². The van der Waals surface area contributed by atoms with Gasteiger partial charge in [0, 0.05) is 32.6 Å². The third kappa shape index (κ3) is 4.24. The maximum atomic E-state index is 13.2. The quantitative estimate of drug-likeness (QED) is 0.435. The molecule has 184 valence electrons. The number of rotatable bonds is 6. The molecular weight excluding hydrogens is 458 g/mol. The molecule has 0 unspecified atom stereocenters. The van der Waals surface area contributed by atoms with E-state index in [1.165, 1.54) is 6.33 Å². The van der Waals surface area contributed by atoms with Gasteiger partial charge in [0.25, 0.3) is 11.8 Å². The van der Waals surface area contributed by atoms with Crippen molar-refractivity contribution in [3.63, 3.8) is 0 Å². The molecule has 0 bridgehead atoms. The van der Waals surface area contributed by atoms with E-state index in [0.717, 1.165) is 30.8 Å². The van der Waals surface area contributed by atoms with Crippen molar-refractivity contribution in [3.05, 3.63) is 46.9 Å². The number of nitrogens with one attached hydrogen (secondary N) is 2. The number of hydrogen-bond acceptors (Lipinski definition) is 6. The Labute approximate surface area is 199 Å². The minimum absolute atomic E-state index is 0.0220. The fourth-order valence-corrected chi connectivity index (χ4v) is 4.72. The van der Waals surface area contributed by atoms with Crippen molar-refractivity contribution in [2.75, 3.05) is 24.5 Å². The second-order valence-corrected chi connectivity index (χ2v) is 8.84. The van der Waals surface area contributed by atoms with Gasteiger partial charge < -0.3 is 19.8 Å². The fraction of sp³-hybridized carbons (Fsp3) is 0.435. The zero-order chi connectivity index (χ0) is 24.7. The summed E-state index contributed by atoms with van der Waals surface area (Å²) in [7, 11) is 0. The van der Waals surface area contributed by atoms with Gasteiger partial charge in [0.2, 0.25) is 5.82 Å². The number of fused-ring (bicyclic) bond motifs is 2. The van der Waals surface area contributed by atoms with Crippen LogP contribution in [0.5, 0.6) is 0 Å². The zero-order valence-electron chi connectivity index (χ0n) is 19.5.